The molecule has 2 aliphatic heterocycles. The van der Waals surface area contributed by atoms with Crippen LogP contribution in [-0.2, 0) is 34.2 Å². The molecule has 2 N–H and O–H groups in total. The summed E-state index contributed by atoms with van der Waals surface area (Å²) in [4.78, 5) is 53.2. The number of nitrogens with zero attached hydrogens (tertiary/aromatic N) is 3. The van der Waals surface area contributed by atoms with Crippen LogP contribution >= 0.6 is 23.1 Å². The number of methoxy groups -OCH3 is 1. The van der Waals surface area contributed by atoms with Crippen molar-refractivity contribution in [1.29, 1.82) is 0 Å². The van der Waals surface area contributed by atoms with Gasteiger partial charge in [-0.2, -0.15) is 0 Å². The fourth-order valence-electron chi connectivity index (χ4n) is 7.59. The molecule has 2 aliphatic rings. The van der Waals surface area contributed by atoms with E-state index in [0.717, 1.165) is 27.8 Å². The van der Waals surface area contributed by atoms with Crippen molar-refractivity contribution in [1.82, 2.24) is 15.2 Å². The van der Waals surface area contributed by atoms with E-state index in [1.807, 2.05) is 152 Å². The fraction of sp³-hybridized carbons (Fsp3) is 0.170. The summed E-state index contributed by atoms with van der Waals surface area (Å²) in [6, 6.07) is 47.4. The lowest BCUT2D eigenvalue weighted by Crippen LogP contribution is -2.71. The van der Waals surface area contributed by atoms with Crippen LogP contribution < -0.4 is 10.6 Å². The minimum atomic E-state index is -1.30. The zero-order valence-corrected chi connectivity index (χ0v) is 34.5. The second-order valence-corrected chi connectivity index (χ2v) is 16.0. The molecule has 0 unspecified atom stereocenters. The average molecular weight is 854 g/mol. The molecular formula is C47H40FN5O6S2. The van der Waals surface area contributed by atoms with Crippen molar-refractivity contribution < 1.29 is 33.1 Å². The highest BCUT2D eigenvalue weighted by molar-refractivity contribution is 8.00. The van der Waals surface area contributed by atoms with Gasteiger partial charge >= 0.3 is 5.97 Å². The third-order valence-electron chi connectivity index (χ3n) is 10.4. The number of carbonyl (C=O) groups excluding carboxylic acids is 3. The smallest absolute Gasteiger partial charge is 0.356 e. The Labute approximate surface area is 360 Å². The predicted octanol–water partition coefficient (Wildman–Crippen LogP) is 7.83. The van der Waals surface area contributed by atoms with E-state index in [2.05, 4.69) is 15.8 Å². The zero-order valence-electron chi connectivity index (χ0n) is 32.9. The summed E-state index contributed by atoms with van der Waals surface area (Å²) in [6.07, 6.45) is -0.754. The molecule has 8 rings (SSSR count). The van der Waals surface area contributed by atoms with Gasteiger partial charge in [-0.1, -0.05) is 157 Å². The molecule has 0 spiro atoms. The van der Waals surface area contributed by atoms with Gasteiger partial charge in [-0.05, 0) is 33.4 Å². The Bertz CT molecular complexity index is 2390. The van der Waals surface area contributed by atoms with E-state index in [1.54, 1.807) is 5.38 Å². The Morgan fingerprint density at radius 3 is 1.87 bits per heavy atom. The van der Waals surface area contributed by atoms with E-state index in [4.69, 9.17) is 19.3 Å². The monoisotopic (exact) mass is 853 g/mol. The third kappa shape index (κ3) is 8.42. The number of aromatic nitrogens is 1. The van der Waals surface area contributed by atoms with Crippen LogP contribution in [0.1, 0.15) is 39.6 Å². The molecule has 0 bridgehead atoms. The molecule has 3 heterocycles. The van der Waals surface area contributed by atoms with Crippen LogP contribution in [0.5, 0.6) is 0 Å². The number of esters is 1. The number of ether oxygens (including phenoxy) is 2. The minimum Gasteiger partial charge on any atom is -0.448 e. The number of oxime groups is 1. The van der Waals surface area contributed by atoms with Gasteiger partial charge in [-0.3, -0.25) is 14.5 Å². The van der Waals surface area contributed by atoms with Crippen molar-refractivity contribution in [2.24, 2.45) is 5.16 Å². The molecule has 1 saturated heterocycles. The number of amides is 2. The highest BCUT2D eigenvalue weighted by Gasteiger charge is 2.55. The van der Waals surface area contributed by atoms with Gasteiger partial charge in [0.05, 0.1) is 6.61 Å². The first-order valence-corrected chi connectivity index (χ1v) is 21.3. The van der Waals surface area contributed by atoms with Gasteiger partial charge in [0.1, 0.15) is 28.3 Å². The molecule has 5 aromatic carbocycles. The molecule has 2 amide bonds. The van der Waals surface area contributed by atoms with Gasteiger partial charge in [0.25, 0.3) is 18.7 Å². The molecule has 308 valence electrons. The first kappa shape index (κ1) is 41.1. The van der Waals surface area contributed by atoms with Gasteiger partial charge in [-0.15, -0.1) is 23.1 Å². The highest BCUT2D eigenvalue weighted by Crippen LogP contribution is 2.43. The lowest BCUT2D eigenvalue weighted by Gasteiger charge is -2.49. The Morgan fingerprint density at radius 2 is 1.36 bits per heavy atom. The quantitative estimate of drug-likeness (QED) is 0.0329. The lowest BCUT2D eigenvalue weighted by atomic mass is 9.77. The topological polar surface area (TPSA) is 131 Å². The number of fused-ring (bicyclic) bond motifs is 1. The minimum absolute atomic E-state index is 0.0709. The van der Waals surface area contributed by atoms with Gasteiger partial charge in [0.15, 0.2) is 16.9 Å². The number of benzene rings is 5. The van der Waals surface area contributed by atoms with Crippen molar-refractivity contribution in [2.75, 3.05) is 31.6 Å². The molecule has 14 heteroatoms. The summed E-state index contributed by atoms with van der Waals surface area (Å²) in [6.45, 7) is -1.21. The molecule has 6 aromatic rings. The molecule has 2 atom stereocenters. The number of alkyl halides is 1. The first-order valence-electron chi connectivity index (χ1n) is 19.4. The largest absolute Gasteiger partial charge is 0.448 e. The second kappa shape index (κ2) is 18.8. The summed E-state index contributed by atoms with van der Waals surface area (Å²) in [5.74, 6) is -1.72. The van der Waals surface area contributed by atoms with Crippen LogP contribution in [0, 0.1) is 0 Å². The number of thioether (sulfide) groups is 1. The van der Waals surface area contributed by atoms with Crippen molar-refractivity contribution in [3.63, 3.8) is 0 Å². The van der Waals surface area contributed by atoms with Crippen molar-refractivity contribution in [3.05, 3.63) is 202 Å². The zero-order chi connectivity index (χ0) is 42.2. The number of nitrogens with one attached hydrogen (secondary N) is 2. The summed E-state index contributed by atoms with van der Waals surface area (Å²) in [5.41, 5.74) is 3.83. The molecule has 0 radical (unpaired) electrons. The van der Waals surface area contributed by atoms with E-state index >= 15 is 0 Å². The van der Waals surface area contributed by atoms with E-state index in [9.17, 15) is 18.8 Å². The second-order valence-electron chi connectivity index (χ2n) is 14.0. The molecular weight excluding hydrogens is 814 g/mol. The van der Waals surface area contributed by atoms with Crippen molar-refractivity contribution >= 4 is 51.7 Å². The Balaban J connectivity index is 1.05. The van der Waals surface area contributed by atoms with Gasteiger partial charge in [0, 0.05) is 18.2 Å². The van der Waals surface area contributed by atoms with Gasteiger partial charge < -0.3 is 24.9 Å². The third-order valence-corrected chi connectivity index (χ3v) is 12.5. The number of rotatable bonds is 16. The normalized spacial score (nSPS) is 16.4. The van der Waals surface area contributed by atoms with Crippen LogP contribution in [0.3, 0.4) is 0 Å². The van der Waals surface area contributed by atoms with E-state index in [1.165, 1.54) is 35.1 Å². The average Bonchev–Trinajstić information content (AvgIpc) is 3.78. The molecule has 1 fully saturated rings. The molecule has 1 aromatic heterocycles. The maximum atomic E-state index is 14.2. The van der Waals surface area contributed by atoms with Gasteiger partial charge in [0.2, 0.25) is 0 Å². The van der Waals surface area contributed by atoms with E-state index in [0.29, 0.717) is 16.5 Å². The highest BCUT2D eigenvalue weighted by atomic mass is 32.2. The number of hydrogen-bond acceptors (Lipinski definition) is 11. The van der Waals surface area contributed by atoms with Crippen molar-refractivity contribution in [2.45, 2.75) is 23.1 Å². The molecule has 11 nitrogen and oxygen atoms in total. The number of thiazole rings is 1. The first-order chi connectivity index (χ1) is 29.9. The molecule has 0 saturated carbocycles. The Hall–Kier alpha value is -6.61. The SMILES string of the molecule is COCC1=C(C(=O)OC(c2ccccc2)c2ccccc2)N2C(=O)[C@@H](NC(=O)C(=NOCF)c3csc(NC(c4ccccc4)(c4ccccc4)c4ccccc4)n3)[C@H]2SC1. The lowest BCUT2D eigenvalue weighted by molar-refractivity contribution is -0.154. The Morgan fingerprint density at radius 1 is 0.836 bits per heavy atom. The van der Waals surface area contributed by atoms with Crippen LogP contribution in [0.15, 0.2) is 173 Å². The molecule has 0 aliphatic carbocycles. The predicted molar refractivity (Wildman–Crippen MR) is 233 cm³/mol. The van der Waals surface area contributed by atoms with Crippen LogP contribution in [-0.4, -0.2) is 71.1 Å². The number of carbonyl (C=O) groups is 3. The standard InChI is InChI=1S/C47H40FN5O6S2/c1-57-27-33-28-60-44-39(43(55)53(44)40(33)45(56)59-41(31-17-7-2-8-18-31)32-19-9-3-10-20-32)50-42(54)38(52-58-30-48)37-29-61-46(49-37)51-47(34-21-11-4-12-22-34,35-23-13-5-14-24-35)36-25-15-6-16-26-36/h2-26,29,39,41,44H,27-28,30H2,1H3,(H,49,51)(H,50,54)/t39-,44-/m1/s1. The van der Waals surface area contributed by atoms with Crippen LogP contribution in [0.4, 0.5) is 9.52 Å². The number of hydrogen-bond donors (Lipinski definition) is 2. The van der Waals surface area contributed by atoms with Crippen LogP contribution in [0.25, 0.3) is 0 Å². The number of β-lactam (4-membered cyclic amide) rings is 1. The van der Waals surface area contributed by atoms with Gasteiger partial charge in [-0.25, -0.2) is 14.2 Å². The maximum Gasteiger partial charge on any atom is 0.356 e. The number of halogens is 1. The van der Waals surface area contributed by atoms with E-state index in [-0.39, 0.29) is 23.7 Å². The summed E-state index contributed by atoms with van der Waals surface area (Å²) in [5, 5.41) is 11.6. The summed E-state index contributed by atoms with van der Waals surface area (Å²) < 4.78 is 25.1. The summed E-state index contributed by atoms with van der Waals surface area (Å²) in [7, 11) is 1.51. The Kier molecular flexibility index (Phi) is 12.6. The van der Waals surface area contributed by atoms with Crippen LogP contribution in [0.2, 0.25) is 0 Å². The van der Waals surface area contributed by atoms with E-state index < -0.39 is 47.7 Å². The molecule has 61 heavy (non-hydrogen) atoms. The number of anilines is 1. The van der Waals surface area contributed by atoms with Crippen molar-refractivity contribution in [3.8, 4) is 0 Å². The maximum absolute atomic E-state index is 14.2. The summed E-state index contributed by atoms with van der Waals surface area (Å²) >= 11 is 2.59. The fourth-order valence-corrected chi connectivity index (χ4v) is 9.67.